The predicted molar refractivity (Wildman–Crippen MR) is 82.8 cm³/mol. The third-order valence-corrected chi connectivity index (χ3v) is 4.49. The van der Waals surface area contributed by atoms with E-state index in [2.05, 4.69) is 12.2 Å². The number of carbonyl (C=O) groups excluding carboxylic acids is 1. The van der Waals surface area contributed by atoms with Crippen molar-refractivity contribution in [3.05, 3.63) is 47.5 Å². The van der Waals surface area contributed by atoms with E-state index < -0.39 is 0 Å². The molecule has 1 aliphatic heterocycles. The zero-order valence-electron chi connectivity index (χ0n) is 12.5. The number of benzene rings is 1. The molecule has 0 amide bonds. The molecule has 0 saturated heterocycles. The zero-order valence-corrected chi connectivity index (χ0v) is 12.5. The van der Waals surface area contributed by atoms with Crippen molar-refractivity contribution in [1.29, 1.82) is 0 Å². The summed E-state index contributed by atoms with van der Waals surface area (Å²) in [5, 5.41) is 3.36. The summed E-state index contributed by atoms with van der Waals surface area (Å²) in [5.74, 6) is 0.519. The van der Waals surface area contributed by atoms with E-state index in [0.717, 1.165) is 30.5 Å². The Labute approximate surface area is 126 Å². The Bertz CT molecular complexity index is 523. The normalized spacial score (nSPS) is 29.0. The minimum Gasteiger partial charge on any atom is -0.459 e. The molecule has 0 spiro atoms. The van der Waals surface area contributed by atoms with Crippen LogP contribution in [0, 0.1) is 5.92 Å². The van der Waals surface area contributed by atoms with Gasteiger partial charge in [0.15, 0.2) is 0 Å². The second kappa shape index (κ2) is 6.44. The predicted octanol–water partition coefficient (Wildman–Crippen LogP) is 3.38. The number of hydrogen-bond donors (Lipinski definition) is 1. The SMILES string of the molecule is CC1CCCC(OC(=O)C2=CCNC2c2ccccc2)C1. The second-order valence-corrected chi connectivity index (χ2v) is 6.21. The minimum atomic E-state index is -0.145. The van der Waals surface area contributed by atoms with Gasteiger partial charge in [0.25, 0.3) is 0 Å². The summed E-state index contributed by atoms with van der Waals surface area (Å²) in [5.41, 5.74) is 1.88. The second-order valence-electron chi connectivity index (χ2n) is 6.21. The first-order chi connectivity index (χ1) is 10.2. The number of hydrogen-bond acceptors (Lipinski definition) is 3. The highest BCUT2D eigenvalue weighted by molar-refractivity contribution is 5.91. The van der Waals surface area contributed by atoms with Crippen LogP contribution in [0.3, 0.4) is 0 Å². The van der Waals surface area contributed by atoms with Crippen LogP contribution in [0.25, 0.3) is 0 Å². The molecule has 112 valence electrons. The van der Waals surface area contributed by atoms with Gasteiger partial charge >= 0.3 is 5.97 Å². The average molecular weight is 285 g/mol. The van der Waals surface area contributed by atoms with Crippen LogP contribution >= 0.6 is 0 Å². The minimum absolute atomic E-state index is 0.0280. The Kier molecular flexibility index (Phi) is 4.39. The van der Waals surface area contributed by atoms with Crippen molar-refractivity contribution in [2.75, 3.05) is 6.54 Å². The molecular formula is C18H23NO2. The van der Waals surface area contributed by atoms with Gasteiger partial charge < -0.3 is 10.1 Å². The van der Waals surface area contributed by atoms with Gasteiger partial charge in [0, 0.05) is 6.54 Å². The lowest BCUT2D eigenvalue weighted by Gasteiger charge is -2.27. The fourth-order valence-electron chi connectivity index (χ4n) is 3.36. The average Bonchev–Trinajstić information content (AvgIpc) is 2.98. The highest BCUT2D eigenvalue weighted by atomic mass is 16.5. The molecule has 2 aliphatic rings. The van der Waals surface area contributed by atoms with Crippen molar-refractivity contribution >= 4 is 5.97 Å². The Morgan fingerprint density at radius 1 is 1.24 bits per heavy atom. The van der Waals surface area contributed by atoms with Crippen LogP contribution in [0.2, 0.25) is 0 Å². The van der Waals surface area contributed by atoms with Crippen LogP contribution in [0.1, 0.15) is 44.2 Å². The van der Waals surface area contributed by atoms with Crippen LogP contribution in [0.4, 0.5) is 0 Å². The number of esters is 1. The fraction of sp³-hybridized carbons (Fsp3) is 0.500. The van der Waals surface area contributed by atoms with Gasteiger partial charge in [0.1, 0.15) is 6.10 Å². The zero-order chi connectivity index (χ0) is 14.7. The van der Waals surface area contributed by atoms with Crippen LogP contribution in [-0.2, 0) is 9.53 Å². The van der Waals surface area contributed by atoms with Gasteiger partial charge in [-0.3, -0.25) is 0 Å². The smallest absolute Gasteiger partial charge is 0.335 e. The molecule has 1 aliphatic carbocycles. The van der Waals surface area contributed by atoms with E-state index in [1.165, 1.54) is 12.8 Å². The van der Waals surface area contributed by atoms with Gasteiger partial charge in [-0.1, -0.05) is 49.8 Å². The maximum Gasteiger partial charge on any atom is 0.335 e. The van der Waals surface area contributed by atoms with Gasteiger partial charge in [-0.05, 0) is 30.7 Å². The molecular weight excluding hydrogens is 262 g/mol. The third-order valence-electron chi connectivity index (χ3n) is 4.49. The van der Waals surface area contributed by atoms with Gasteiger partial charge in [0.05, 0.1) is 11.6 Å². The van der Waals surface area contributed by atoms with E-state index in [1.54, 1.807) is 0 Å². The van der Waals surface area contributed by atoms with Crippen molar-refractivity contribution in [3.8, 4) is 0 Å². The van der Waals surface area contributed by atoms with Crippen molar-refractivity contribution < 1.29 is 9.53 Å². The summed E-state index contributed by atoms with van der Waals surface area (Å²) in [6, 6.07) is 10.1. The Morgan fingerprint density at radius 3 is 2.81 bits per heavy atom. The number of rotatable bonds is 3. The molecule has 0 radical (unpaired) electrons. The molecule has 1 aromatic carbocycles. The molecule has 21 heavy (non-hydrogen) atoms. The molecule has 3 heteroatoms. The maximum atomic E-state index is 12.5. The first-order valence-electron chi connectivity index (χ1n) is 7.93. The quantitative estimate of drug-likeness (QED) is 0.865. The molecule has 1 N–H and O–H groups in total. The largest absolute Gasteiger partial charge is 0.459 e. The maximum absolute atomic E-state index is 12.5. The van der Waals surface area contributed by atoms with Gasteiger partial charge in [-0.25, -0.2) is 4.79 Å². The molecule has 1 aromatic rings. The molecule has 3 unspecified atom stereocenters. The summed E-state index contributed by atoms with van der Waals surface area (Å²) in [6.45, 7) is 2.97. The summed E-state index contributed by atoms with van der Waals surface area (Å²) >= 11 is 0. The first-order valence-corrected chi connectivity index (χ1v) is 7.93. The molecule has 1 heterocycles. The highest BCUT2D eigenvalue weighted by Crippen LogP contribution is 2.30. The molecule has 1 fully saturated rings. The summed E-state index contributed by atoms with van der Waals surface area (Å²) in [7, 11) is 0. The number of nitrogens with one attached hydrogen (secondary N) is 1. The summed E-state index contributed by atoms with van der Waals surface area (Å²) in [6.07, 6.45) is 6.49. The van der Waals surface area contributed by atoms with Crippen LogP contribution in [-0.4, -0.2) is 18.6 Å². The molecule has 1 saturated carbocycles. The van der Waals surface area contributed by atoms with Gasteiger partial charge in [-0.15, -0.1) is 0 Å². The van der Waals surface area contributed by atoms with Crippen LogP contribution < -0.4 is 5.32 Å². The number of carbonyl (C=O) groups is 1. The van der Waals surface area contributed by atoms with E-state index in [-0.39, 0.29) is 18.1 Å². The first kappa shape index (κ1) is 14.3. The van der Waals surface area contributed by atoms with Gasteiger partial charge in [-0.2, -0.15) is 0 Å². The van der Waals surface area contributed by atoms with Crippen molar-refractivity contribution in [2.24, 2.45) is 5.92 Å². The summed E-state index contributed by atoms with van der Waals surface area (Å²) < 4.78 is 5.75. The monoisotopic (exact) mass is 285 g/mol. The third kappa shape index (κ3) is 3.35. The van der Waals surface area contributed by atoms with E-state index in [0.29, 0.717) is 5.92 Å². The summed E-state index contributed by atoms with van der Waals surface area (Å²) in [4.78, 5) is 12.5. The topological polar surface area (TPSA) is 38.3 Å². The van der Waals surface area contributed by atoms with Crippen molar-refractivity contribution in [2.45, 2.75) is 44.8 Å². The van der Waals surface area contributed by atoms with E-state index in [9.17, 15) is 4.79 Å². The van der Waals surface area contributed by atoms with E-state index in [4.69, 9.17) is 4.74 Å². The molecule has 3 rings (SSSR count). The molecule has 3 nitrogen and oxygen atoms in total. The highest BCUT2D eigenvalue weighted by Gasteiger charge is 2.30. The van der Waals surface area contributed by atoms with E-state index in [1.807, 2.05) is 36.4 Å². The fourth-order valence-corrected chi connectivity index (χ4v) is 3.36. The van der Waals surface area contributed by atoms with Crippen LogP contribution in [0.5, 0.6) is 0 Å². The Morgan fingerprint density at radius 2 is 2.05 bits per heavy atom. The molecule has 3 atom stereocenters. The number of ether oxygens (including phenoxy) is 1. The van der Waals surface area contributed by atoms with Crippen LogP contribution in [0.15, 0.2) is 42.0 Å². The standard InChI is InChI=1S/C18H23NO2/c1-13-6-5-9-15(12-13)21-18(20)16-10-11-19-17(16)14-7-3-2-4-8-14/h2-4,7-8,10,13,15,17,19H,5-6,9,11-12H2,1H3. The van der Waals surface area contributed by atoms with Crippen molar-refractivity contribution in [3.63, 3.8) is 0 Å². The van der Waals surface area contributed by atoms with E-state index >= 15 is 0 Å². The van der Waals surface area contributed by atoms with Gasteiger partial charge in [0.2, 0.25) is 0 Å². The Hall–Kier alpha value is -1.61. The lowest BCUT2D eigenvalue weighted by Crippen LogP contribution is -2.27. The Balaban J connectivity index is 1.66. The van der Waals surface area contributed by atoms with Crippen molar-refractivity contribution in [1.82, 2.24) is 5.32 Å². The lowest BCUT2D eigenvalue weighted by atomic mass is 9.88. The molecule has 0 aromatic heterocycles. The lowest BCUT2D eigenvalue weighted by molar-refractivity contribution is -0.146. The molecule has 0 bridgehead atoms.